The van der Waals surface area contributed by atoms with Gasteiger partial charge in [-0.15, -0.1) is 0 Å². The third-order valence-electron chi connectivity index (χ3n) is 3.73. The van der Waals surface area contributed by atoms with Crippen molar-refractivity contribution < 1.29 is 19.4 Å². The van der Waals surface area contributed by atoms with Gasteiger partial charge in [0, 0.05) is 0 Å². The number of unbranched alkanes of at least 4 members (excludes halogenated alkanes) is 1. The number of aromatic carboxylic acids is 1. The number of carboxylic acid groups (broad SMARTS) is 1. The van der Waals surface area contributed by atoms with E-state index in [1.807, 2.05) is 12.1 Å². The van der Waals surface area contributed by atoms with Crippen molar-refractivity contribution in [2.45, 2.75) is 26.7 Å². The molecule has 0 radical (unpaired) electrons. The molecule has 0 spiro atoms. The first-order valence-corrected chi connectivity index (χ1v) is 7.73. The van der Waals surface area contributed by atoms with Crippen LogP contribution in [0.1, 0.15) is 34.3 Å². The molecule has 4 heteroatoms. The molecule has 0 aliphatic carbocycles. The van der Waals surface area contributed by atoms with E-state index < -0.39 is 5.97 Å². The van der Waals surface area contributed by atoms with Crippen LogP contribution in [0.5, 0.6) is 11.5 Å². The van der Waals surface area contributed by atoms with Gasteiger partial charge in [-0.25, -0.2) is 4.79 Å². The molecule has 0 aromatic heterocycles. The number of para-hydroxylation sites is 1. The summed E-state index contributed by atoms with van der Waals surface area (Å²) in [7, 11) is 0. The van der Waals surface area contributed by atoms with Gasteiger partial charge in [0.2, 0.25) is 0 Å². The predicted molar refractivity (Wildman–Crippen MR) is 89.5 cm³/mol. The molecule has 122 valence electrons. The molecule has 0 aliphatic rings. The van der Waals surface area contributed by atoms with Gasteiger partial charge >= 0.3 is 5.97 Å². The molecule has 2 rings (SSSR count). The van der Waals surface area contributed by atoms with Crippen LogP contribution in [0.2, 0.25) is 0 Å². The largest absolute Gasteiger partial charge is 0.493 e. The van der Waals surface area contributed by atoms with Crippen LogP contribution in [0.4, 0.5) is 0 Å². The monoisotopic (exact) mass is 314 g/mol. The summed E-state index contributed by atoms with van der Waals surface area (Å²) in [6.45, 7) is 5.21. The fourth-order valence-corrected chi connectivity index (χ4v) is 2.22. The van der Waals surface area contributed by atoms with Crippen LogP contribution in [0.15, 0.2) is 42.5 Å². The lowest BCUT2D eigenvalue weighted by atomic mass is 10.1. The first-order valence-electron chi connectivity index (χ1n) is 7.73. The molecule has 0 saturated heterocycles. The second kappa shape index (κ2) is 8.22. The lowest BCUT2D eigenvalue weighted by Gasteiger charge is -2.11. The van der Waals surface area contributed by atoms with E-state index in [1.165, 1.54) is 11.1 Å². The maximum atomic E-state index is 11.1. The maximum Gasteiger partial charge on any atom is 0.339 e. The normalized spacial score (nSPS) is 10.3. The molecule has 1 N–H and O–H groups in total. The third kappa shape index (κ3) is 4.74. The topological polar surface area (TPSA) is 55.8 Å². The number of ether oxygens (including phenoxy) is 2. The first-order chi connectivity index (χ1) is 11.1. The van der Waals surface area contributed by atoms with Crippen LogP contribution in [0, 0.1) is 13.8 Å². The van der Waals surface area contributed by atoms with E-state index in [0.717, 1.165) is 18.6 Å². The Bertz CT molecular complexity index is 664. The van der Waals surface area contributed by atoms with Crippen molar-refractivity contribution >= 4 is 5.97 Å². The molecule has 2 aromatic rings. The highest BCUT2D eigenvalue weighted by Gasteiger charge is 2.09. The van der Waals surface area contributed by atoms with Crippen LogP contribution in [-0.4, -0.2) is 24.3 Å². The zero-order chi connectivity index (χ0) is 16.7. The van der Waals surface area contributed by atoms with E-state index in [2.05, 4.69) is 19.9 Å². The second-order valence-corrected chi connectivity index (χ2v) is 5.40. The van der Waals surface area contributed by atoms with E-state index in [0.29, 0.717) is 19.0 Å². The fourth-order valence-electron chi connectivity index (χ4n) is 2.22. The molecule has 0 amide bonds. The number of benzene rings is 2. The molecule has 0 bridgehead atoms. The number of carbonyl (C=O) groups is 1. The van der Waals surface area contributed by atoms with Gasteiger partial charge in [0.05, 0.1) is 13.2 Å². The van der Waals surface area contributed by atoms with Gasteiger partial charge in [0.25, 0.3) is 0 Å². The van der Waals surface area contributed by atoms with Crippen LogP contribution in [0.25, 0.3) is 0 Å². The zero-order valence-corrected chi connectivity index (χ0v) is 13.5. The summed E-state index contributed by atoms with van der Waals surface area (Å²) >= 11 is 0. The average molecular weight is 314 g/mol. The Morgan fingerprint density at radius 1 is 0.913 bits per heavy atom. The van der Waals surface area contributed by atoms with Crippen LogP contribution in [0.3, 0.4) is 0 Å². The van der Waals surface area contributed by atoms with Crippen LogP contribution < -0.4 is 9.47 Å². The lowest BCUT2D eigenvalue weighted by molar-refractivity contribution is 0.0692. The van der Waals surface area contributed by atoms with Crippen molar-refractivity contribution in [1.29, 1.82) is 0 Å². The summed E-state index contributed by atoms with van der Waals surface area (Å²) in [5.41, 5.74) is 2.58. The Hall–Kier alpha value is -2.49. The highest BCUT2D eigenvalue weighted by molar-refractivity contribution is 5.90. The summed E-state index contributed by atoms with van der Waals surface area (Å²) in [5, 5.41) is 9.08. The van der Waals surface area contributed by atoms with Gasteiger partial charge in [-0.05, 0) is 56.0 Å². The molecule has 4 nitrogen and oxygen atoms in total. The molecule has 0 unspecified atom stereocenters. The Balaban J connectivity index is 1.72. The van der Waals surface area contributed by atoms with Gasteiger partial charge in [0.1, 0.15) is 17.1 Å². The predicted octanol–water partition coefficient (Wildman–Crippen LogP) is 4.24. The minimum absolute atomic E-state index is 0.194. The summed E-state index contributed by atoms with van der Waals surface area (Å²) in [6.07, 6.45) is 1.65. The quantitative estimate of drug-likeness (QED) is 0.740. The van der Waals surface area contributed by atoms with E-state index in [1.54, 1.807) is 24.3 Å². The van der Waals surface area contributed by atoms with Crippen molar-refractivity contribution in [2.24, 2.45) is 0 Å². The summed E-state index contributed by atoms with van der Waals surface area (Å²) in [4.78, 5) is 11.1. The number of carboxylic acids is 1. The van der Waals surface area contributed by atoms with Crippen molar-refractivity contribution in [2.75, 3.05) is 13.2 Å². The van der Waals surface area contributed by atoms with E-state index in [9.17, 15) is 4.79 Å². The molecule has 0 fully saturated rings. The van der Waals surface area contributed by atoms with Crippen molar-refractivity contribution in [3.8, 4) is 11.5 Å². The summed E-state index contributed by atoms with van der Waals surface area (Å²) < 4.78 is 11.3. The molecular weight excluding hydrogens is 292 g/mol. The van der Waals surface area contributed by atoms with Gasteiger partial charge in [0.15, 0.2) is 0 Å². The van der Waals surface area contributed by atoms with E-state index in [-0.39, 0.29) is 5.56 Å². The van der Waals surface area contributed by atoms with Crippen molar-refractivity contribution in [3.05, 3.63) is 59.2 Å². The average Bonchev–Trinajstić information content (AvgIpc) is 2.54. The Morgan fingerprint density at radius 2 is 1.52 bits per heavy atom. The minimum atomic E-state index is -0.973. The van der Waals surface area contributed by atoms with Crippen LogP contribution in [-0.2, 0) is 0 Å². The van der Waals surface area contributed by atoms with Gasteiger partial charge < -0.3 is 14.6 Å². The number of aryl methyl sites for hydroxylation is 1. The van der Waals surface area contributed by atoms with Crippen molar-refractivity contribution in [1.82, 2.24) is 0 Å². The van der Waals surface area contributed by atoms with Crippen LogP contribution >= 0.6 is 0 Å². The van der Waals surface area contributed by atoms with Gasteiger partial charge in [-0.2, -0.15) is 0 Å². The molecule has 2 aromatic carbocycles. The molecule has 23 heavy (non-hydrogen) atoms. The van der Waals surface area contributed by atoms with E-state index >= 15 is 0 Å². The van der Waals surface area contributed by atoms with E-state index in [4.69, 9.17) is 14.6 Å². The molecule has 0 aliphatic heterocycles. The number of rotatable bonds is 8. The summed E-state index contributed by atoms with van der Waals surface area (Å²) in [5.74, 6) is 0.358. The van der Waals surface area contributed by atoms with Crippen molar-refractivity contribution in [3.63, 3.8) is 0 Å². The highest BCUT2D eigenvalue weighted by Crippen LogP contribution is 2.21. The SMILES string of the molecule is Cc1cccc(OCCCCOc2ccccc2C(=O)O)c1C. The fraction of sp³-hybridized carbons (Fsp3) is 0.316. The first kappa shape index (κ1) is 16.9. The van der Waals surface area contributed by atoms with Gasteiger partial charge in [-0.1, -0.05) is 24.3 Å². The lowest BCUT2D eigenvalue weighted by Crippen LogP contribution is -2.06. The minimum Gasteiger partial charge on any atom is -0.493 e. The smallest absolute Gasteiger partial charge is 0.339 e. The molecule has 0 heterocycles. The molecule has 0 saturated carbocycles. The standard InChI is InChI=1S/C19H22O4/c1-14-8-7-11-17(15(14)2)22-12-5-6-13-23-18-10-4-3-9-16(18)19(20)21/h3-4,7-11H,5-6,12-13H2,1-2H3,(H,20,21). The molecule has 0 atom stereocenters. The summed E-state index contributed by atoms with van der Waals surface area (Å²) in [6, 6.07) is 12.7. The Morgan fingerprint density at radius 3 is 2.22 bits per heavy atom. The highest BCUT2D eigenvalue weighted by atomic mass is 16.5. The third-order valence-corrected chi connectivity index (χ3v) is 3.73. The number of hydrogen-bond acceptors (Lipinski definition) is 3. The number of hydrogen-bond donors (Lipinski definition) is 1. The second-order valence-electron chi connectivity index (χ2n) is 5.40. The Kier molecular flexibility index (Phi) is 6.03. The van der Waals surface area contributed by atoms with Gasteiger partial charge in [-0.3, -0.25) is 0 Å². The maximum absolute atomic E-state index is 11.1. The Labute approximate surface area is 136 Å². The zero-order valence-electron chi connectivity index (χ0n) is 13.5. The molecular formula is C19H22O4.